The van der Waals surface area contributed by atoms with Gasteiger partial charge < -0.3 is 5.32 Å². The average Bonchev–Trinajstić information content (AvgIpc) is 2.49. The van der Waals surface area contributed by atoms with E-state index in [1.165, 1.54) is 19.3 Å². The zero-order valence-corrected chi connectivity index (χ0v) is 9.35. The first kappa shape index (κ1) is 12.0. The third-order valence-electron chi connectivity index (χ3n) is 2.81. The number of hydrogen-bond acceptors (Lipinski definition) is 1. The maximum absolute atomic E-state index is 3.60. The van der Waals surface area contributed by atoms with Crippen LogP contribution in [0.1, 0.15) is 53.9 Å². The second-order valence-electron chi connectivity index (χ2n) is 3.46. The summed E-state index contributed by atoms with van der Waals surface area (Å²) >= 11 is 0. The molecule has 0 saturated carbocycles. The van der Waals surface area contributed by atoms with Gasteiger partial charge in [-0.05, 0) is 25.7 Å². The maximum Gasteiger partial charge on any atom is 0.00702 e. The summed E-state index contributed by atoms with van der Waals surface area (Å²) < 4.78 is 0. The highest BCUT2D eigenvalue weighted by atomic mass is 15.0. The largest absolute Gasteiger partial charge is 0.311 e. The number of nitrogens with one attached hydrogen (secondary N) is 1. The predicted molar refractivity (Wildman–Crippen MR) is 56.4 cm³/mol. The van der Waals surface area contributed by atoms with Crippen molar-refractivity contribution in [3.63, 3.8) is 0 Å². The van der Waals surface area contributed by atoms with Crippen LogP contribution in [-0.2, 0) is 0 Å². The lowest BCUT2D eigenvalue weighted by Crippen LogP contribution is -2.27. The maximum atomic E-state index is 3.60. The van der Waals surface area contributed by atoms with Gasteiger partial charge in [0.25, 0.3) is 0 Å². The van der Waals surface area contributed by atoms with Gasteiger partial charge >= 0.3 is 0 Å². The monoisotopic (exact) mass is 171 g/mol. The van der Waals surface area contributed by atoms with Gasteiger partial charge in [-0.15, -0.1) is 0 Å². The highest BCUT2D eigenvalue weighted by Crippen LogP contribution is 2.24. The van der Waals surface area contributed by atoms with Gasteiger partial charge in [0.1, 0.15) is 0 Å². The fraction of sp³-hybridized carbons (Fsp3) is 1.00. The molecule has 1 rings (SSSR count). The van der Waals surface area contributed by atoms with Crippen molar-refractivity contribution in [1.82, 2.24) is 5.32 Å². The van der Waals surface area contributed by atoms with E-state index in [1.807, 2.05) is 13.8 Å². The van der Waals surface area contributed by atoms with Gasteiger partial charge in [-0.3, -0.25) is 0 Å². The van der Waals surface area contributed by atoms with Crippen LogP contribution in [0.25, 0.3) is 0 Å². The van der Waals surface area contributed by atoms with Crippen molar-refractivity contribution < 1.29 is 0 Å². The van der Waals surface area contributed by atoms with E-state index in [-0.39, 0.29) is 0 Å². The van der Waals surface area contributed by atoms with Crippen molar-refractivity contribution in [3.05, 3.63) is 0 Å². The SMILES string of the molecule is CC.CCC1CC(CC)C(C)N1. The summed E-state index contributed by atoms with van der Waals surface area (Å²) in [7, 11) is 0. The molecule has 1 aliphatic heterocycles. The van der Waals surface area contributed by atoms with Crippen LogP contribution < -0.4 is 5.32 Å². The molecule has 1 N–H and O–H groups in total. The Balaban J connectivity index is 0.000000561. The molecule has 0 radical (unpaired) electrons. The molecule has 12 heavy (non-hydrogen) atoms. The lowest BCUT2D eigenvalue weighted by molar-refractivity contribution is 0.463. The minimum atomic E-state index is 0.759. The van der Waals surface area contributed by atoms with Crippen LogP contribution in [0.2, 0.25) is 0 Å². The van der Waals surface area contributed by atoms with Crippen molar-refractivity contribution >= 4 is 0 Å². The summed E-state index contributed by atoms with van der Waals surface area (Å²) in [5, 5.41) is 3.60. The van der Waals surface area contributed by atoms with E-state index in [0.717, 1.165) is 18.0 Å². The predicted octanol–water partition coefficient (Wildman–Crippen LogP) is 3.20. The molecule has 1 saturated heterocycles. The molecule has 3 atom stereocenters. The van der Waals surface area contributed by atoms with Gasteiger partial charge in [0.2, 0.25) is 0 Å². The Morgan fingerprint density at radius 2 is 1.75 bits per heavy atom. The summed E-state index contributed by atoms with van der Waals surface area (Å²) in [4.78, 5) is 0. The van der Waals surface area contributed by atoms with E-state index in [1.54, 1.807) is 0 Å². The topological polar surface area (TPSA) is 12.0 Å². The summed E-state index contributed by atoms with van der Waals surface area (Å²) in [6.07, 6.45) is 4.03. The van der Waals surface area contributed by atoms with E-state index in [9.17, 15) is 0 Å². The van der Waals surface area contributed by atoms with E-state index in [2.05, 4.69) is 26.1 Å². The fourth-order valence-corrected chi connectivity index (χ4v) is 1.95. The lowest BCUT2D eigenvalue weighted by Gasteiger charge is -2.10. The zero-order chi connectivity index (χ0) is 9.56. The Hall–Kier alpha value is -0.0400. The Labute approximate surface area is 77.9 Å². The molecule has 0 amide bonds. The molecule has 3 unspecified atom stereocenters. The molecule has 1 heteroatoms. The Morgan fingerprint density at radius 3 is 2.00 bits per heavy atom. The Morgan fingerprint density at radius 1 is 1.17 bits per heavy atom. The molecule has 1 aliphatic rings. The summed E-state index contributed by atoms with van der Waals surface area (Å²) in [5.74, 6) is 0.935. The quantitative estimate of drug-likeness (QED) is 0.673. The van der Waals surface area contributed by atoms with Crippen LogP contribution in [-0.4, -0.2) is 12.1 Å². The average molecular weight is 171 g/mol. The molecule has 1 fully saturated rings. The molecule has 0 aliphatic carbocycles. The van der Waals surface area contributed by atoms with E-state index >= 15 is 0 Å². The van der Waals surface area contributed by atoms with Crippen molar-refractivity contribution in [2.24, 2.45) is 5.92 Å². The smallest absolute Gasteiger partial charge is 0.00702 e. The molecule has 0 bridgehead atoms. The van der Waals surface area contributed by atoms with Crippen molar-refractivity contribution in [3.8, 4) is 0 Å². The van der Waals surface area contributed by atoms with Crippen molar-refractivity contribution in [2.45, 2.75) is 66.0 Å². The van der Waals surface area contributed by atoms with E-state index in [4.69, 9.17) is 0 Å². The van der Waals surface area contributed by atoms with Crippen LogP contribution in [0, 0.1) is 5.92 Å². The molecule has 1 nitrogen and oxygen atoms in total. The Kier molecular flexibility index (Phi) is 6.45. The van der Waals surface area contributed by atoms with Gasteiger partial charge in [0.05, 0.1) is 0 Å². The number of hydrogen-bond donors (Lipinski definition) is 1. The van der Waals surface area contributed by atoms with Crippen molar-refractivity contribution in [2.75, 3.05) is 0 Å². The Bertz CT molecular complexity index is 101. The minimum Gasteiger partial charge on any atom is -0.311 e. The van der Waals surface area contributed by atoms with E-state index < -0.39 is 0 Å². The molecule has 74 valence electrons. The third-order valence-corrected chi connectivity index (χ3v) is 2.81. The normalized spacial score (nSPS) is 34.2. The highest BCUT2D eigenvalue weighted by molar-refractivity contribution is 4.86. The molecular weight excluding hydrogens is 146 g/mol. The van der Waals surface area contributed by atoms with Crippen LogP contribution in [0.15, 0.2) is 0 Å². The fourth-order valence-electron chi connectivity index (χ4n) is 1.95. The molecule has 0 aromatic carbocycles. The zero-order valence-electron chi connectivity index (χ0n) is 9.35. The van der Waals surface area contributed by atoms with Crippen LogP contribution >= 0.6 is 0 Å². The number of rotatable bonds is 2. The first-order valence-electron chi connectivity index (χ1n) is 5.54. The standard InChI is InChI=1S/C9H19N.C2H6/c1-4-8-6-9(5-2)10-7(8)3;1-2/h7-10H,4-6H2,1-3H3;1-2H3. The third kappa shape index (κ3) is 3.14. The first-order chi connectivity index (χ1) is 5.77. The first-order valence-corrected chi connectivity index (χ1v) is 5.54. The molecule has 0 aromatic heterocycles. The summed E-state index contributed by atoms with van der Waals surface area (Å²) in [6.45, 7) is 10.9. The molecule has 0 aromatic rings. The molecule has 1 heterocycles. The molecular formula is C11H25N. The van der Waals surface area contributed by atoms with Crippen LogP contribution in [0.4, 0.5) is 0 Å². The van der Waals surface area contributed by atoms with Gasteiger partial charge in [0, 0.05) is 12.1 Å². The summed E-state index contributed by atoms with van der Waals surface area (Å²) in [5.41, 5.74) is 0. The van der Waals surface area contributed by atoms with Gasteiger partial charge in [-0.2, -0.15) is 0 Å². The van der Waals surface area contributed by atoms with E-state index in [0.29, 0.717) is 0 Å². The van der Waals surface area contributed by atoms with Crippen LogP contribution in [0.3, 0.4) is 0 Å². The molecule has 0 spiro atoms. The van der Waals surface area contributed by atoms with Gasteiger partial charge in [0.15, 0.2) is 0 Å². The minimum absolute atomic E-state index is 0.759. The second kappa shape index (κ2) is 6.47. The van der Waals surface area contributed by atoms with Gasteiger partial charge in [-0.25, -0.2) is 0 Å². The van der Waals surface area contributed by atoms with Crippen molar-refractivity contribution in [1.29, 1.82) is 0 Å². The second-order valence-corrected chi connectivity index (χ2v) is 3.46. The van der Waals surface area contributed by atoms with Gasteiger partial charge in [-0.1, -0.05) is 34.1 Å². The highest BCUT2D eigenvalue weighted by Gasteiger charge is 2.27. The summed E-state index contributed by atoms with van der Waals surface area (Å²) in [6, 6.07) is 1.56. The van der Waals surface area contributed by atoms with Crippen LogP contribution in [0.5, 0.6) is 0 Å². The lowest BCUT2D eigenvalue weighted by atomic mass is 9.97.